The van der Waals surface area contributed by atoms with Crippen LogP contribution in [0.5, 0.6) is 5.75 Å². The number of hydrogen-bond acceptors (Lipinski definition) is 6. The third-order valence-electron chi connectivity index (χ3n) is 4.07. The Bertz CT molecular complexity index is 890. The summed E-state index contributed by atoms with van der Waals surface area (Å²) in [4.78, 5) is 38.0. The van der Waals surface area contributed by atoms with Crippen molar-refractivity contribution in [2.24, 2.45) is 0 Å². The maximum Gasteiger partial charge on any atom is 0.275 e. The Hall–Kier alpha value is -3.36. The van der Waals surface area contributed by atoms with E-state index >= 15 is 0 Å². The van der Waals surface area contributed by atoms with Crippen LogP contribution in [-0.4, -0.2) is 36.0 Å². The van der Waals surface area contributed by atoms with Gasteiger partial charge in [0.2, 0.25) is 0 Å². The van der Waals surface area contributed by atoms with Gasteiger partial charge in [-0.25, -0.2) is 0 Å². The maximum absolute atomic E-state index is 12.4. The summed E-state index contributed by atoms with van der Waals surface area (Å²) in [7, 11) is 0. The molecule has 2 aromatic rings. The Kier molecular flexibility index (Phi) is 5.11. The molecule has 1 aromatic carbocycles. The molecule has 1 aromatic heterocycles. The number of nitrogens with one attached hydrogen (secondary N) is 2. The zero-order valence-electron chi connectivity index (χ0n) is 15.2. The Morgan fingerprint density at radius 1 is 1.26 bits per heavy atom. The Morgan fingerprint density at radius 2 is 2.00 bits per heavy atom. The van der Waals surface area contributed by atoms with E-state index in [1.165, 1.54) is 4.90 Å². The molecule has 0 bridgehead atoms. The SMILES string of the molecule is Cc1noc(C(C)C)c1C(=O)NNC(=O)CN1C(=O)COc2ccccc21. The van der Waals surface area contributed by atoms with Crippen molar-refractivity contribution in [2.45, 2.75) is 26.7 Å². The summed E-state index contributed by atoms with van der Waals surface area (Å²) in [5.74, 6) is -0.488. The van der Waals surface area contributed by atoms with Gasteiger partial charge in [0.05, 0.1) is 11.4 Å². The van der Waals surface area contributed by atoms with E-state index in [-0.39, 0.29) is 30.5 Å². The zero-order chi connectivity index (χ0) is 19.6. The molecule has 2 heterocycles. The second-order valence-electron chi connectivity index (χ2n) is 6.40. The number of nitrogens with zero attached hydrogens (tertiary/aromatic N) is 2. The van der Waals surface area contributed by atoms with E-state index in [1.54, 1.807) is 31.2 Å². The highest BCUT2D eigenvalue weighted by Crippen LogP contribution is 2.31. The molecule has 9 heteroatoms. The average Bonchev–Trinajstić information content (AvgIpc) is 3.04. The van der Waals surface area contributed by atoms with Crippen molar-refractivity contribution in [1.82, 2.24) is 16.0 Å². The van der Waals surface area contributed by atoms with Crippen molar-refractivity contribution in [3.63, 3.8) is 0 Å². The lowest BCUT2D eigenvalue weighted by atomic mass is 10.1. The molecule has 0 unspecified atom stereocenters. The standard InChI is InChI=1S/C18H20N4O5/c1-10(2)17-16(11(3)21-27-17)18(25)20-19-14(23)8-22-12-6-4-5-7-13(12)26-9-15(22)24/h4-7,10H,8-9H2,1-3H3,(H,19,23)(H,20,25). The minimum Gasteiger partial charge on any atom is -0.482 e. The van der Waals surface area contributed by atoms with Crippen LogP contribution in [0, 0.1) is 6.92 Å². The molecule has 0 radical (unpaired) electrons. The fourth-order valence-corrected chi connectivity index (χ4v) is 2.76. The number of hydrazine groups is 1. The van der Waals surface area contributed by atoms with Crippen LogP contribution in [-0.2, 0) is 9.59 Å². The molecule has 1 aliphatic rings. The van der Waals surface area contributed by atoms with Gasteiger partial charge in [0.1, 0.15) is 17.9 Å². The maximum atomic E-state index is 12.4. The molecule has 2 N–H and O–H groups in total. The summed E-state index contributed by atoms with van der Waals surface area (Å²) in [6.07, 6.45) is 0. The molecule has 0 spiro atoms. The van der Waals surface area contributed by atoms with E-state index in [1.807, 2.05) is 13.8 Å². The lowest BCUT2D eigenvalue weighted by Crippen LogP contribution is -2.49. The summed E-state index contributed by atoms with van der Waals surface area (Å²) >= 11 is 0. The Balaban J connectivity index is 1.65. The fourth-order valence-electron chi connectivity index (χ4n) is 2.76. The van der Waals surface area contributed by atoms with Gasteiger partial charge in [-0.15, -0.1) is 0 Å². The number of para-hydroxylation sites is 2. The normalized spacial score (nSPS) is 13.2. The molecule has 0 saturated carbocycles. The van der Waals surface area contributed by atoms with Crippen molar-refractivity contribution < 1.29 is 23.6 Å². The second kappa shape index (κ2) is 7.48. The number of carbonyl (C=O) groups is 3. The number of fused-ring (bicyclic) bond motifs is 1. The lowest BCUT2D eigenvalue weighted by molar-refractivity contribution is -0.125. The van der Waals surface area contributed by atoms with E-state index in [4.69, 9.17) is 9.26 Å². The third-order valence-corrected chi connectivity index (χ3v) is 4.07. The van der Waals surface area contributed by atoms with Gasteiger partial charge in [-0.2, -0.15) is 0 Å². The van der Waals surface area contributed by atoms with Crippen molar-refractivity contribution in [1.29, 1.82) is 0 Å². The van der Waals surface area contributed by atoms with Crippen LogP contribution in [0.4, 0.5) is 5.69 Å². The van der Waals surface area contributed by atoms with Crippen LogP contribution in [0.1, 0.15) is 41.6 Å². The molecule has 3 amide bonds. The first kappa shape index (κ1) is 18.4. The first-order valence-corrected chi connectivity index (χ1v) is 8.46. The largest absolute Gasteiger partial charge is 0.482 e. The zero-order valence-corrected chi connectivity index (χ0v) is 15.2. The molecule has 3 rings (SSSR count). The molecule has 0 saturated heterocycles. The van der Waals surface area contributed by atoms with Gasteiger partial charge in [0.25, 0.3) is 17.7 Å². The van der Waals surface area contributed by atoms with Gasteiger partial charge in [-0.05, 0) is 19.1 Å². The van der Waals surface area contributed by atoms with Gasteiger partial charge in [-0.3, -0.25) is 30.1 Å². The minimum atomic E-state index is -0.548. The van der Waals surface area contributed by atoms with E-state index < -0.39 is 11.8 Å². The Morgan fingerprint density at radius 3 is 2.74 bits per heavy atom. The number of carbonyl (C=O) groups excluding carboxylic acids is 3. The van der Waals surface area contributed by atoms with Crippen LogP contribution in [0.3, 0.4) is 0 Å². The summed E-state index contributed by atoms with van der Waals surface area (Å²) in [5.41, 5.74) is 5.89. The summed E-state index contributed by atoms with van der Waals surface area (Å²) < 4.78 is 10.5. The second-order valence-corrected chi connectivity index (χ2v) is 6.40. The number of hydrogen-bond donors (Lipinski definition) is 2. The van der Waals surface area contributed by atoms with Crippen molar-refractivity contribution >= 4 is 23.4 Å². The number of benzene rings is 1. The summed E-state index contributed by atoms with van der Waals surface area (Å²) in [6.45, 7) is 5.00. The number of anilines is 1. The highest BCUT2D eigenvalue weighted by atomic mass is 16.5. The van der Waals surface area contributed by atoms with Gasteiger partial charge in [0, 0.05) is 5.92 Å². The van der Waals surface area contributed by atoms with Crippen LogP contribution >= 0.6 is 0 Å². The van der Waals surface area contributed by atoms with E-state index in [2.05, 4.69) is 16.0 Å². The summed E-state index contributed by atoms with van der Waals surface area (Å²) in [6, 6.07) is 6.93. The van der Waals surface area contributed by atoms with Crippen LogP contribution in [0.15, 0.2) is 28.8 Å². The molecule has 27 heavy (non-hydrogen) atoms. The van der Waals surface area contributed by atoms with Gasteiger partial charge < -0.3 is 9.26 Å². The highest BCUT2D eigenvalue weighted by molar-refractivity contribution is 6.03. The number of aromatic nitrogens is 1. The molecule has 9 nitrogen and oxygen atoms in total. The van der Waals surface area contributed by atoms with Crippen molar-refractivity contribution in [3.8, 4) is 5.75 Å². The third kappa shape index (κ3) is 3.76. The molecular formula is C18H20N4O5. The van der Waals surface area contributed by atoms with E-state index in [0.29, 0.717) is 22.9 Å². The predicted molar refractivity (Wildman–Crippen MR) is 95.2 cm³/mol. The quantitative estimate of drug-likeness (QED) is 0.782. The molecule has 0 atom stereocenters. The van der Waals surface area contributed by atoms with Gasteiger partial charge in [0.15, 0.2) is 12.4 Å². The van der Waals surface area contributed by atoms with Crippen LogP contribution < -0.4 is 20.5 Å². The number of aryl methyl sites for hydroxylation is 1. The van der Waals surface area contributed by atoms with Crippen LogP contribution in [0.2, 0.25) is 0 Å². The van der Waals surface area contributed by atoms with Crippen molar-refractivity contribution in [3.05, 3.63) is 41.3 Å². The lowest BCUT2D eigenvalue weighted by Gasteiger charge is -2.28. The van der Waals surface area contributed by atoms with Crippen molar-refractivity contribution in [2.75, 3.05) is 18.1 Å². The van der Waals surface area contributed by atoms with E-state index in [0.717, 1.165) is 0 Å². The predicted octanol–water partition coefficient (Wildman–Crippen LogP) is 1.29. The van der Waals surface area contributed by atoms with E-state index in [9.17, 15) is 14.4 Å². The number of rotatable bonds is 4. The highest BCUT2D eigenvalue weighted by Gasteiger charge is 2.27. The summed E-state index contributed by atoms with van der Waals surface area (Å²) in [5, 5.41) is 3.80. The first-order valence-electron chi connectivity index (χ1n) is 8.46. The van der Waals surface area contributed by atoms with Crippen LogP contribution in [0.25, 0.3) is 0 Å². The topological polar surface area (TPSA) is 114 Å². The molecule has 0 aliphatic carbocycles. The smallest absolute Gasteiger partial charge is 0.275 e. The monoisotopic (exact) mass is 372 g/mol. The first-order chi connectivity index (χ1) is 12.9. The van der Waals surface area contributed by atoms with Gasteiger partial charge in [-0.1, -0.05) is 31.1 Å². The minimum absolute atomic E-state index is 0.0369. The fraction of sp³-hybridized carbons (Fsp3) is 0.333. The molecule has 0 fully saturated rings. The molecule has 142 valence electrons. The average molecular weight is 372 g/mol. The van der Waals surface area contributed by atoms with Gasteiger partial charge >= 0.3 is 0 Å². The molecule has 1 aliphatic heterocycles. The number of ether oxygens (including phenoxy) is 1. The number of amides is 3. The Labute approximate surface area is 155 Å². The molecular weight excluding hydrogens is 352 g/mol.